The molecule has 0 saturated heterocycles. The van der Waals surface area contributed by atoms with Gasteiger partial charge in [0.1, 0.15) is 11.6 Å². The molecule has 4 aliphatic carbocycles. The van der Waals surface area contributed by atoms with Gasteiger partial charge in [-0.25, -0.2) is 0 Å². The Morgan fingerprint density at radius 2 is 1.75 bits per heavy atom. The molecule has 0 amide bonds. The maximum atomic E-state index is 12.3. The molecule has 6 atom stereocenters. The highest BCUT2D eigenvalue weighted by atomic mass is 16.1. The van der Waals surface area contributed by atoms with Gasteiger partial charge in [-0.15, -0.1) is 0 Å². The molecule has 0 unspecified atom stereocenters. The molecule has 0 bridgehead atoms. The number of hydrogen-bond acceptors (Lipinski definition) is 2. The SMILES string of the molecule is C[C@]12CC[C@@H]3[C@H]4CCCC(=O)[C@@H]4CC[C@H]3[C@@H]1CCC2=O. The molecule has 0 aromatic carbocycles. The summed E-state index contributed by atoms with van der Waals surface area (Å²) in [6, 6.07) is 0. The largest absolute Gasteiger partial charge is 0.299 e. The molecule has 4 aliphatic rings. The van der Waals surface area contributed by atoms with E-state index >= 15 is 0 Å². The normalized spacial score (nSPS) is 51.4. The van der Waals surface area contributed by atoms with Crippen molar-refractivity contribution in [1.29, 1.82) is 0 Å². The van der Waals surface area contributed by atoms with E-state index in [4.69, 9.17) is 0 Å². The van der Waals surface area contributed by atoms with Gasteiger partial charge in [0.25, 0.3) is 0 Å². The highest BCUT2D eigenvalue weighted by Gasteiger charge is 2.57. The lowest BCUT2D eigenvalue weighted by Crippen LogP contribution is -2.49. The van der Waals surface area contributed by atoms with Crippen molar-refractivity contribution < 1.29 is 9.59 Å². The van der Waals surface area contributed by atoms with Crippen LogP contribution in [0.3, 0.4) is 0 Å². The Bertz CT molecular complexity index is 454. The van der Waals surface area contributed by atoms with Crippen LogP contribution in [-0.2, 0) is 9.59 Å². The number of ketones is 2. The summed E-state index contributed by atoms with van der Waals surface area (Å²) in [6.07, 6.45) is 9.79. The molecule has 110 valence electrons. The van der Waals surface area contributed by atoms with Crippen molar-refractivity contribution in [1.82, 2.24) is 0 Å². The second-order valence-electron chi connectivity index (χ2n) is 8.06. The fraction of sp³-hybridized carbons (Fsp3) is 0.889. The molecule has 0 aromatic heterocycles. The zero-order chi connectivity index (χ0) is 13.9. The van der Waals surface area contributed by atoms with E-state index in [0.29, 0.717) is 29.3 Å². The third-order valence-corrected chi connectivity index (χ3v) is 7.45. The third kappa shape index (κ3) is 1.63. The zero-order valence-electron chi connectivity index (χ0n) is 12.6. The van der Waals surface area contributed by atoms with E-state index in [2.05, 4.69) is 6.92 Å². The second-order valence-corrected chi connectivity index (χ2v) is 8.06. The van der Waals surface area contributed by atoms with Crippen molar-refractivity contribution in [2.24, 2.45) is 35.0 Å². The van der Waals surface area contributed by atoms with E-state index in [-0.39, 0.29) is 5.41 Å². The predicted octanol–water partition coefficient (Wildman–Crippen LogP) is 3.78. The van der Waals surface area contributed by atoms with Crippen molar-refractivity contribution in [2.75, 3.05) is 0 Å². The minimum absolute atomic E-state index is 0.00726. The van der Waals surface area contributed by atoms with Crippen molar-refractivity contribution in [3.63, 3.8) is 0 Å². The number of hydrogen-bond donors (Lipinski definition) is 0. The molecule has 0 aromatic rings. The quantitative estimate of drug-likeness (QED) is 0.673. The van der Waals surface area contributed by atoms with Crippen LogP contribution in [0.15, 0.2) is 0 Å². The van der Waals surface area contributed by atoms with Crippen molar-refractivity contribution >= 4 is 11.6 Å². The van der Waals surface area contributed by atoms with Crippen LogP contribution in [-0.4, -0.2) is 11.6 Å². The van der Waals surface area contributed by atoms with Crippen molar-refractivity contribution in [2.45, 2.75) is 64.7 Å². The average Bonchev–Trinajstić information content (AvgIpc) is 2.75. The molecule has 2 nitrogen and oxygen atoms in total. The molecule has 0 N–H and O–H groups in total. The fourth-order valence-corrected chi connectivity index (χ4v) is 6.43. The lowest BCUT2D eigenvalue weighted by molar-refractivity contribution is -0.139. The van der Waals surface area contributed by atoms with Crippen LogP contribution in [0.2, 0.25) is 0 Å². The summed E-state index contributed by atoms with van der Waals surface area (Å²) < 4.78 is 0. The first-order valence-electron chi connectivity index (χ1n) is 8.67. The van der Waals surface area contributed by atoms with Crippen LogP contribution >= 0.6 is 0 Å². The summed E-state index contributed by atoms with van der Waals surface area (Å²) in [6.45, 7) is 2.24. The minimum atomic E-state index is -0.00726. The Balaban J connectivity index is 1.62. The summed E-state index contributed by atoms with van der Waals surface area (Å²) in [5.41, 5.74) is -0.00726. The molecule has 4 rings (SSSR count). The lowest BCUT2D eigenvalue weighted by atomic mass is 9.50. The van der Waals surface area contributed by atoms with Gasteiger partial charge in [-0.3, -0.25) is 9.59 Å². The summed E-state index contributed by atoms with van der Waals surface area (Å²) >= 11 is 0. The Kier molecular flexibility index (Phi) is 2.88. The van der Waals surface area contributed by atoms with Gasteiger partial charge in [0, 0.05) is 24.2 Å². The van der Waals surface area contributed by atoms with Gasteiger partial charge >= 0.3 is 0 Å². The number of carbonyl (C=O) groups excluding carboxylic acids is 2. The first-order chi connectivity index (χ1) is 9.61. The molecule has 4 saturated carbocycles. The maximum Gasteiger partial charge on any atom is 0.139 e. The standard InChI is InChI=1S/C18H26O2/c1-18-10-9-12-11-3-2-4-16(19)14(11)6-5-13(12)15(18)7-8-17(18)20/h11-15H,2-10H2,1H3/t11-,12-,13-,14-,15+,18+/m1/s1. The maximum absolute atomic E-state index is 12.3. The number of carbonyl (C=O) groups is 2. The van der Waals surface area contributed by atoms with Crippen molar-refractivity contribution in [3.8, 4) is 0 Å². The first kappa shape index (κ1) is 13.0. The van der Waals surface area contributed by atoms with Crippen LogP contribution in [0.5, 0.6) is 0 Å². The summed E-state index contributed by atoms with van der Waals surface area (Å²) in [5.74, 6) is 4.25. The van der Waals surface area contributed by atoms with Gasteiger partial charge in [0.2, 0.25) is 0 Å². The fourth-order valence-electron chi connectivity index (χ4n) is 6.43. The van der Waals surface area contributed by atoms with Gasteiger partial charge in [0.05, 0.1) is 0 Å². The number of rotatable bonds is 0. The smallest absolute Gasteiger partial charge is 0.139 e. The lowest BCUT2D eigenvalue weighted by Gasteiger charge is -2.53. The summed E-state index contributed by atoms with van der Waals surface area (Å²) in [5, 5.41) is 0. The van der Waals surface area contributed by atoms with Gasteiger partial charge in [-0.2, -0.15) is 0 Å². The molecule has 0 spiro atoms. The van der Waals surface area contributed by atoms with Crippen LogP contribution < -0.4 is 0 Å². The molecule has 0 aliphatic heterocycles. The van der Waals surface area contributed by atoms with E-state index < -0.39 is 0 Å². The zero-order valence-corrected chi connectivity index (χ0v) is 12.6. The van der Waals surface area contributed by atoms with E-state index in [1.807, 2.05) is 0 Å². The molecular weight excluding hydrogens is 248 g/mol. The highest BCUT2D eigenvalue weighted by Crippen LogP contribution is 2.60. The Morgan fingerprint density at radius 1 is 0.900 bits per heavy atom. The highest BCUT2D eigenvalue weighted by molar-refractivity contribution is 5.87. The molecular formula is C18H26O2. The predicted molar refractivity (Wildman–Crippen MR) is 77.1 cm³/mol. The van der Waals surface area contributed by atoms with Crippen LogP contribution in [0.25, 0.3) is 0 Å². The van der Waals surface area contributed by atoms with E-state index in [9.17, 15) is 9.59 Å². The Labute approximate surface area is 121 Å². The minimum Gasteiger partial charge on any atom is -0.299 e. The van der Waals surface area contributed by atoms with Gasteiger partial charge in [-0.05, 0) is 68.6 Å². The van der Waals surface area contributed by atoms with Gasteiger partial charge in [-0.1, -0.05) is 6.92 Å². The number of fused-ring (bicyclic) bond motifs is 5. The van der Waals surface area contributed by atoms with Crippen molar-refractivity contribution in [3.05, 3.63) is 0 Å². The summed E-state index contributed by atoms with van der Waals surface area (Å²) in [4.78, 5) is 24.5. The van der Waals surface area contributed by atoms with E-state index in [1.165, 1.54) is 19.3 Å². The van der Waals surface area contributed by atoms with E-state index in [1.54, 1.807) is 0 Å². The summed E-state index contributed by atoms with van der Waals surface area (Å²) in [7, 11) is 0. The average molecular weight is 274 g/mol. The Hall–Kier alpha value is -0.660. The molecule has 20 heavy (non-hydrogen) atoms. The van der Waals surface area contributed by atoms with Gasteiger partial charge in [0.15, 0.2) is 0 Å². The van der Waals surface area contributed by atoms with Gasteiger partial charge < -0.3 is 0 Å². The molecule has 4 fully saturated rings. The topological polar surface area (TPSA) is 34.1 Å². The first-order valence-corrected chi connectivity index (χ1v) is 8.67. The van der Waals surface area contributed by atoms with Crippen LogP contribution in [0, 0.1) is 35.0 Å². The van der Waals surface area contributed by atoms with Crippen LogP contribution in [0.1, 0.15) is 64.7 Å². The Morgan fingerprint density at radius 3 is 2.60 bits per heavy atom. The third-order valence-electron chi connectivity index (χ3n) is 7.45. The molecule has 0 heterocycles. The molecule has 2 heteroatoms. The second kappa shape index (κ2) is 4.42. The monoisotopic (exact) mass is 274 g/mol. The van der Waals surface area contributed by atoms with Crippen LogP contribution in [0.4, 0.5) is 0 Å². The molecule has 0 radical (unpaired) electrons. The number of Topliss-reactive ketones (excluding diaryl/α,β-unsaturated/α-hetero) is 2. The van der Waals surface area contributed by atoms with E-state index in [0.717, 1.165) is 50.4 Å².